The summed E-state index contributed by atoms with van der Waals surface area (Å²) in [6, 6.07) is 8.99. The van der Waals surface area contributed by atoms with E-state index in [9.17, 15) is 4.79 Å². The number of nitriles is 1. The van der Waals surface area contributed by atoms with Crippen LogP contribution >= 0.6 is 11.3 Å². The third-order valence-corrected chi connectivity index (χ3v) is 5.10. The standard InChI is InChI=1S/C17H17N3O2S/c1-11-13-6-8-23-16(13)5-7-20(11)17(21)19-14-9-12(10-18)3-4-15(14)22-2/h3-4,6,8-9,11H,5,7H2,1-2H3,(H,19,21). The number of hydrogen-bond acceptors (Lipinski definition) is 4. The Balaban J connectivity index is 1.82. The van der Waals surface area contributed by atoms with Crippen LogP contribution in [-0.2, 0) is 6.42 Å². The number of benzene rings is 1. The van der Waals surface area contributed by atoms with Gasteiger partial charge >= 0.3 is 6.03 Å². The average molecular weight is 327 g/mol. The smallest absolute Gasteiger partial charge is 0.322 e. The van der Waals surface area contributed by atoms with Gasteiger partial charge in [-0.3, -0.25) is 0 Å². The molecular formula is C17H17N3O2S. The van der Waals surface area contributed by atoms with Crippen molar-refractivity contribution in [2.24, 2.45) is 0 Å². The first kappa shape index (κ1) is 15.4. The van der Waals surface area contributed by atoms with Crippen molar-refractivity contribution in [1.29, 1.82) is 5.26 Å². The maximum atomic E-state index is 12.7. The zero-order chi connectivity index (χ0) is 16.4. The van der Waals surface area contributed by atoms with Gasteiger partial charge in [0, 0.05) is 11.4 Å². The maximum Gasteiger partial charge on any atom is 0.322 e. The second-order valence-corrected chi connectivity index (χ2v) is 6.38. The molecule has 6 heteroatoms. The lowest BCUT2D eigenvalue weighted by Crippen LogP contribution is -2.41. The fourth-order valence-corrected chi connectivity index (χ4v) is 3.81. The minimum absolute atomic E-state index is 0.0372. The first-order valence-corrected chi connectivity index (χ1v) is 8.24. The van der Waals surface area contributed by atoms with Crippen molar-refractivity contribution in [2.75, 3.05) is 19.0 Å². The van der Waals surface area contributed by atoms with E-state index < -0.39 is 0 Å². The van der Waals surface area contributed by atoms with Gasteiger partial charge in [0.1, 0.15) is 5.75 Å². The molecule has 1 aliphatic rings. The first-order chi connectivity index (χ1) is 11.1. The number of hydrogen-bond donors (Lipinski definition) is 1. The highest BCUT2D eigenvalue weighted by Gasteiger charge is 2.28. The molecule has 1 N–H and O–H groups in total. The predicted molar refractivity (Wildman–Crippen MR) is 89.9 cm³/mol. The Hall–Kier alpha value is -2.52. The van der Waals surface area contributed by atoms with E-state index >= 15 is 0 Å². The van der Waals surface area contributed by atoms with Crippen molar-refractivity contribution >= 4 is 23.1 Å². The van der Waals surface area contributed by atoms with Crippen LogP contribution in [0.25, 0.3) is 0 Å². The molecule has 1 aromatic heterocycles. The number of thiophene rings is 1. The quantitative estimate of drug-likeness (QED) is 0.913. The summed E-state index contributed by atoms with van der Waals surface area (Å²) >= 11 is 1.74. The van der Waals surface area contributed by atoms with E-state index in [4.69, 9.17) is 10.00 Å². The molecule has 2 heterocycles. The van der Waals surface area contributed by atoms with Crippen LogP contribution in [0, 0.1) is 11.3 Å². The third-order valence-electron chi connectivity index (χ3n) is 4.11. The fraction of sp³-hybridized carbons (Fsp3) is 0.294. The second-order valence-electron chi connectivity index (χ2n) is 5.38. The van der Waals surface area contributed by atoms with Crippen LogP contribution in [0.2, 0.25) is 0 Å². The molecule has 0 fully saturated rings. The largest absolute Gasteiger partial charge is 0.495 e. The molecule has 0 radical (unpaired) electrons. The Morgan fingerprint density at radius 1 is 1.48 bits per heavy atom. The predicted octanol–water partition coefficient (Wildman–Crippen LogP) is 3.78. The second kappa shape index (κ2) is 6.31. The van der Waals surface area contributed by atoms with Gasteiger partial charge in [0.2, 0.25) is 0 Å². The van der Waals surface area contributed by atoms with Gasteiger partial charge in [-0.05, 0) is 48.6 Å². The molecular weight excluding hydrogens is 310 g/mol. The van der Waals surface area contributed by atoms with Gasteiger partial charge in [-0.25, -0.2) is 4.79 Å². The van der Waals surface area contributed by atoms with Crippen molar-refractivity contribution < 1.29 is 9.53 Å². The summed E-state index contributed by atoms with van der Waals surface area (Å²) in [5.41, 5.74) is 2.21. The van der Waals surface area contributed by atoms with E-state index in [-0.39, 0.29) is 12.1 Å². The lowest BCUT2D eigenvalue weighted by molar-refractivity contribution is 0.189. The molecule has 118 valence electrons. The topological polar surface area (TPSA) is 65.4 Å². The van der Waals surface area contributed by atoms with E-state index in [0.717, 1.165) is 6.42 Å². The molecule has 2 amide bonds. The van der Waals surface area contributed by atoms with Crippen LogP contribution in [0.4, 0.5) is 10.5 Å². The average Bonchev–Trinajstić information content (AvgIpc) is 3.04. The summed E-state index contributed by atoms with van der Waals surface area (Å²) in [6.07, 6.45) is 0.875. The Morgan fingerprint density at radius 3 is 3.04 bits per heavy atom. The summed E-state index contributed by atoms with van der Waals surface area (Å²) in [5, 5.41) is 14.0. The highest BCUT2D eigenvalue weighted by atomic mass is 32.1. The molecule has 0 saturated carbocycles. The van der Waals surface area contributed by atoms with Crippen LogP contribution in [0.15, 0.2) is 29.6 Å². The first-order valence-electron chi connectivity index (χ1n) is 7.36. The van der Waals surface area contributed by atoms with Gasteiger partial charge in [-0.1, -0.05) is 0 Å². The minimum Gasteiger partial charge on any atom is -0.495 e. The molecule has 0 bridgehead atoms. The number of methoxy groups -OCH3 is 1. The van der Waals surface area contributed by atoms with E-state index in [1.807, 2.05) is 11.8 Å². The molecule has 0 saturated heterocycles. The van der Waals surface area contributed by atoms with Crippen molar-refractivity contribution in [3.8, 4) is 11.8 Å². The molecule has 0 spiro atoms. The van der Waals surface area contributed by atoms with Crippen LogP contribution in [-0.4, -0.2) is 24.6 Å². The number of anilines is 1. The number of urea groups is 1. The number of nitrogens with zero attached hydrogens (tertiary/aromatic N) is 2. The summed E-state index contributed by atoms with van der Waals surface area (Å²) in [4.78, 5) is 15.8. The Labute approximate surface area is 139 Å². The number of carbonyl (C=O) groups excluding carboxylic acids is 1. The van der Waals surface area contributed by atoms with Crippen molar-refractivity contribution in [1.82, 2.24) is 4.90 Å². The lowest BCUT2D eigenvalue weighted by atomic mass is 10.0. The zero-order valence-electron chi connectivity index (χ0n) is 13.0. The molecule has 1 aromatic carbocycles. The Kier molecular flexibility index (Phi) is 4.22. The van der Waals surface area contributed by atoms with Gasteiger partial charge in [0.15, 0.2) is 0 Å². The normalized spacial score (nSPS) is 16.4. The monoisotopic (exact) mass is 327 g/mol. The number of fused-ring (bicyclic) bond motifs is 1. The van der Waals surface area contributed by atoms with Crippen molar-refractivity contribution in [3.63, 3.8) is 0 Å². The summed E-state index contributed by atoms with van der Waals surface area (Å²) in [7, 11) is 1.54. The SMILES string of the molecule is COc1ccc(C#N)cc1NC(=O)N1CCc2sccc2C1C. The number of rotatable bonds is 2. The number of amides is 2. The maximum absolute atomic E-state index is 12.7. The van der Waals surface area contributed by atoms with Gasteiger partial charge in [-0.15, -0.1) is 11.3 Å². The van der Waals surface area contributed by atoms with Gasteiger partial charge in [0.05, 0.1) is 30.5 Å². The van der Waals surface area contributed by atoms with E-state index in [1.165, 1.54) is 17.6 Å². The summed E-state index contributed by atoms with van der Waals surface area (Å²) < 4.78 is 5.26. The van der Waals surface area contributed by atoms with Crippen LogP contribution in [0.3, 0.4) is 0 Å². The molecule has 1 atom stereocenters. The lowest BCUT2D eigenvalue weighted by Gasteiger charge is -2.33. The van der Waals surface area contributed by atoms with Crippen molar-refractivity contribution in [2.45, 2.75) is 19.4 Å². The minimum atomic E-state index is -0.178. The highest BCUT2D eigenvalue weighted by Crippen LogP contribution is 2.34. The van der Waals surface area contributed by atoms with Gasteiger partial charge < -0.3 is 15.0 Å². The number of nitrogens with one attached hydrogen (secondary N) is 1. The molecule has 1 unspecified atom stereocenters. The Bertz CT molecular complexity index is 778. The van der Waals surface area contributed by atoms with Crippen molar-refractivity contribution in [3.05, 3.63) is 45.6 Å². The third kappa shape index (κ3) is 2.88. The fourth-order valence-electron chi connectivity index (χ4n) is 2.85. The molecule has 0 aliphatic carbocycles. The number of ether oxygens (including phenoxy) is 1. The van der Waals surface area contributed by atoms with Gasteiger partial charge in [0.25, 0.3) is 0 Å². The van der Waals surface area contributed by atoms with Crippen LogP contribution in [0.5, 0.6) is 5.75 Å². The highest BCUT2D eigenvalue weighted by molar-refractivity contribution is 7.10. The zero-order valence-corrected chi connectivity index (χ0v) is 13.8. The number of carbonyl (C=O) groups is 1. The molecule has 5 nitrogen and oxygen atoms in total. The summed E-state index contributed by atoms with van der Waals surface area (Å²) in [6.45, 7) is 2.72. The van der Waals surface area contributed by atoms with Crippen LogP contribution in [0.1, 0.15) is 29.0 Å². The summed E-state index contributed by atoms with van der Waals surface area (Å²) in [5.74, 6) is 0.540. The van der Waals surface area contributed by atoms with E-state index in [0.29, 0.717) is 23.5 Å². The molecule has 2 aromatic rings. The van der Waals surface area contributed by atoms with E-state index in [1.54, 1.807) is 29.5 Å². The molecule has 23 heavy (non-hydrogen) atoms. The Morgan fingerprint density at radius 2 is 2.30 bits per heavy atom. The van der Waals surface area contributed by atoms with E-state index in [2.05, 4.69) is 22.8 Å². The van der Waals surface area contributed by atoms with Gasteiger partial charge in [-0.2, -0.15) is 5.26 Å². The molecule has 1 aliphatic heterocycles. The van der Waals surface area contributed by atoms with Crippen LogP contribution < -0.4 is 10.1 Å². The molecule has 3 rings (SSSR count).